The number of halogens is 1. The molecule has 1 heterocycles. The van der Waals surface area contributed by atoms with E-state index in [-0.39, 0.29) is 15.5 Å². The van der Waals surface area contributed by atoms with E-state index in [9.17, 15) is 18.0 Å². The van der Waals surface area contributed by atoms with Gasteiger partial charge in [0.15, 0.2) is 5.70 Å². The molecule has 4 rings (SSSR count). The van der Waals surface area contributed by atoms with Crippen molar-refractivity contribution in [2.24, 2.45) is 0 Å². The van der Waals surface area contributed by atoms with Crippen LogP contribution in [-0.2, 0) is 29.1 Å². The third-order valence-electron chi connectivity index (χ3n) is 5.67. The normalized spacial score (nSPS) is 15.8. The number of methoxy groups -OCH3 is 2. The van der Waals surface area contributed by atoms with Crippen LogP contribution in [0.25, 0.3) is 5.57 Å². The number of hydrogen-bond donors (Lipinski definition) is 0. The summed E-state index contributed by atoms with van der Waals surface area (Å²) < 4.78 is 39.2. The van der Waals surface area contributed by atoms with E-state index in [0.717, 1.165) is 18.5 Å². The zero-order valence-electron chi connectivity index (χ0n) is 19.4. The van der Waals surface area contributed by atoms with Gasteiger partial charge in [-0.1, -0.05) is 84.4 Å². The summed E-state index contributed by atoms with van der Waals surface area (Å²) in [6.07, 6.45) is 1.62. The molecule has 0 bridgehead atoms. The molecule has 0 saturated carbocycles. The average molecular weight is 524 g/mol. The number of nitrogens with zero attached hydrogens (tertiary/aromatic N) is 1. The van der Waals surface area contributed by atoms with E-state index in [1.165, 1.54) is 18.2 Å². The lowest BCUT2D eigenvalue weighted by atomic mass is 9.89. The summed E-state index contributed by atoms with van der Waals surface area (Å²) in [6, 6.07) is 22.5. The Morgan fingerprint density at radius 3 is 1.94 bits per heavy atom. The second-order valence-electron chi connectivity index (χ2n) is 7.74. The molecule has 3 aromatic carbocycles. The van der Waals surface area contributed by atoms with Crippen LogP contribution < -0.4 is 0 Å². The molecule has 1 unspecified atom stereocenters. The Labute approximate surface area is 214 Å². The first-order valence-corrected chi connectivity index (χ1v) is 12.7. The van der Waals surface area contributed by atoms with Crippen molar-refractivity contribution < 1.29 is 27.5 Å². The van der Waals surface area contributed by atoms with E-state index in [2.05, 4.69) is 0 Å². The maximum atomic E-state index is 14.1. The van der Waals surface area contributed by atoms with Crippen molar-refractivity contribution in [3.8, 4) is 0 Å². The molecule has 7 nitrogen and oxygen atoms in total. The Kier molecular flexibility index (Phi) is 7.28. The number of rotatable bonds is 6. The summed E-state index contributed by atoms with van der Waals surface area (Å²) in [7, 11) is -2.21. The van der Waals surface area contributed by atoms with Gasteiger partial charge in [0.2, 0.25) is 0 Å². The fourth-order valence-corrected chi connectivity index (χ4v) is 6.15. The number of hydrogen-bond acceptors (Lipinski definition) is 6. The van der Waals surface area contributed by atoms with Gasteiger partial charge in [-0.25, -0.2) is 22.3 Å². The Balaban J connectivity index is 2.12. The van der Waals surface area contributed by atoms with E-state index in [1.807, 2.05) is 0 Å². The number of ether oxygens (including phenoxy) is 2. The van der Waals surface area contributed by atoms with Crippen molar-refractivity contribution in [1.82, 2.24) is 4.31 Å². The molecule has 0 fully saturated rings. The van der Waals surface area contributed by atoms with Crippen molar-refractivity contribution >= 4 is 39.1 Å². The molecular formula is C27H22ClNO6S. The zero-order chi connectivity index (χ0) is 25.9. The van der Waals surface area contributed by atoms with Crippen LogP contribution in [0.2, 0.25) is 5.02 Å². The second-order valence-corrected chi connectivity index (χ2v) is 9.93. The second kappa shape index (κ2) is 10.4. The number of sulfonamides is 1. The molecule has 0 saturated heterocycles. The fourth-order valence-electron chi connectivity index (χ4n) is 4.05. The highest BCUT2D eigenvalue weighted by atomic mass is 35.5. The predicted molar refractivity (Wildman–Crippen MR) is 135 cm³/mol. The predicted octanol–water partition coefficient (Wildman–Crippen LogP) is 4.77. The first kappa shape index (κ1) is 25.2. The van der Waals surface area contributed by atoms with Gasteiger partial charge < -0.3 is 9.47 Å². The van der Waals surface area contributed by atoms with Gasteiger partial charge in [0.25, 0.3) is 10.0 Å². The Hall–Kier alpha value is -3.88. The highest BCUT2D eigenvalue weighted by Gasteiger charge is 2.45. The van der Waals surface area contributed by atoms with Crippen molar-refractivity contribution in [2.45, 2.75) is 10.9 Å². The molecule has 0 radical (unpaired) electrons. The van der Waals surface area contributed by atoms with Crippen LogP contribution in [0, 0.1) is 0 Å². The Morgan fingerprint density at radius 2 is 1.36 bits per heavy atom. The molecule has 3 aromatic rings. The molecule has 0 amide bonds. The summed E-state index contributed by atoms with van der Waals surface area (Å²) in [5, 5.41) is -0.0361. The molecular weight excluding hydrogens is 502 g/mol. The average Bonchev–Trinajstić information content (AvgIpc) is 2.92. The lowest BCUT2D eigenvalue weighted by Crippen LogP contribution is -2.41. The third kappa shape index (κ3) is 4.53. The van der Waals surface area contributed by atoms with Crippen LogP contribution in [0.15, 0.2) is 107 Å². The topological polar surface area (TPSA) is 90.0 Å². The SMILES string of the molecule is COC(=O)C1=C(C(=O)OC)N(S(=O)(=O)c2ccccc2Cl)C(c2ccccc2)C=C1c1ccccc1. The molecule has 1 aliphatic rings. The minimum absolute atomic E-state index is 0.0361. The van der Waals surface area contributed by atoms with Crippen LogP contribution in [-0.4, -0.2) is 38.9 Å². The molecule has 0 aromatic heterocycles. The first-order chi connectivity index (χ1) is 17.3. The highest BCUT2D eigenvalue weighted by Crippen LogP contribution is 2.44. The molecule has 0 N–H and O–H groups in total. The van der Waals surface area contributed by atoms with E-state index < -0.39 is 33.7 Å². The van der Waals surface area contributed by atoms with Crippen LogP contribution in [0.5, 0.6) is 0 Å². The van der Waals surface area contributed by atoms with Crippen LogP contribution >= 0.6 is 11.6 Å². The van der Waals surface area contributed by atoms with Gasteiger partial charge in [0, 0.05) is 0 Å². The smallest absolute Gasteiger partial charge is 0.356 e. The molecule has 1 atom stereocenters. The largest absolute Gasteiger partial charge is 0.465 e. The van der Waals surface area contributed by atoms with Crippen molar-refractivity contribution in [3.63, 3.8) is 0 Å². The lowest BCUT2D eigenvalue weighted by molar-refractivity contribution is -0.140. The van der Waals surface area contributed by atoms with E-state index in [4.69, 9.17) is 21.1 Å². The minimum Gasteiger partial charge on any atom is -0.465 e. The van der Waals surface area contributed by atoms with Crippen LogP contribution in [0.4, 0.5) is 0 Å². The first-order valence-electron chi connectivity index (χ1n) is 10.8. The highest BCUT2D eigenvalue weighted by molar-refractivity contribution is 7.89. The van der Waals surface area contributed by atoms with Gasteiger partial charge in [0.1, 0.15) is 4.90 Å². The molecule has 184 valence electrons. The van der Waals surface area contributed by atoms with E-state index in [0.29, 0.717) is 16.7 Å². The minimum atomic E-state index is -4.48. The number of carbonyl (C=O) groups is 2. The molecule has 0 spiro atoms. The van der Waals surface area contributed by atoms with Gasteiger partial charge in [-0.15, -0.1) is 0 Å². The van der Waals surface area contributed by atoms with Crippen molar-refractivity contribution in [1.29, 1.82) is 0 Å². The van der Waals surface area contributed by atoms with Gasteiger partial charge in [-0.2, -0.15) is 0 Å². The molecule has 0 aliphatic carbocycles. The summed E-state index contributed by atoms with van der Waals surface area (Å²) in [5.41, 5.74) is 0.780. The third-order valence-corrected chi connectivity index (χ3v) is 7.95. The maximum absolute atomic E-state index is 14.1. The maximum Gasteiger partial charge on any atom is 0.356 e. The Bertz CT molecular complexity index is 1470. The van der Waals surface area contributed by atoms with Gasteiger partial charge in [0.05, 0.1) is 30.9 Å². The fraction of sp³-hybridized carbons (Fsp3) is 0.111. The summed E-state index contributed by atoms with van der Waals surface area (Å²) in [6.45, 7) is 0. The van der Waals surface area contributed by atoms with Gasteiger partial charge >= 0.3 is 11.9 Å². The monoisotopic (exact) mass is 523 g/mol. The zero-order valence-corrected chi connectivity index (χ0v) is 21.0. The number of carbonyl (C=O) groups excluding carboxylic acids is 2. The Morgan fingerprint density at radius 1 is 0.806 bits per heavy atom. The summed E-state index contributed by atoms with van der Waals surface area (Å²) in [5.74, 6) is -1.91. The molecule has 1 aliphatic heterocycles. The summed E-state index contributed by atoms with van der Waals surface area (Å²) in [4.78, 5) is 26.2. The quantitative estimate of drug-likeness (QED) is 0.432. The van der Waals surface area contributed by atoms with E-state index >= 15 is 0 Å². The van der Waals surface area contributed by atoms with Crippen LogP contribution in [0.1, 0.15) is 17.2 Å². The van der Waals surface area contributed by atoms with Gasteiger partial charge in [-0.3, -0.25) is 0 Å². The van der Waals surface area contributed by atoms with Crippen molar-refractivity contribution in [3.05, 3.63) is 118 Å². The number of benzene rings is 3. The van der Waals surface area contributed by atoms with E-state index in [1.54, 1.807) is 72.8 Å². The lowest BCUT2D eigenvalue weighted by Gasteiger charge is -2.37. The van der Waals surface area contributed by atoms with Gasteiger partial charge in [-0.05, 0) is 34.9 Å². The molecule has 36 heavy (non-hydrogen) atoms. The summed E-state index contributed by atoms with van der Waals surface area (Å²) >= 11 is 6.29. The number of esters is 2. The molecule has 9 heteroatoms. The van der Waals surface area contributed by atoms with Crippen molar-refractivity contribution in [2.75, 3.05) is 14.2 Å². The standard InChI is InChI=1S/C27H22ClNO6S/c1-34-26(30)24-20(18-11-5-3-6-12-18)17-22(19-13-7-4-8-14-19)29(25(24)27(31)35-2)36(32,33)23-16-10-9-15-21(23)28/h3-17,22H,1-2H3. The van der Waals surface area contributed by atoms with Crippen LogP contribution in [0.3, 0.4) is 0 Å².